The Hall–Kier alpha value is -2.04. The molecule has 0 bridgehead atoms. The smallest absolute Gasteiger partial charge is 0.124 e. The minimum atomic E-state index is -0.199. The maximum atomic E-state index is 5.82. The predicted octanol–water partition coefficient (Wildman–Crippen LogP) is 2.87. The van der Waals surface area contributed by atoms with E-state index in [9.17, 15) is 0 Å². The van der Waals surface area contributed by atoms with Crippen LogP contribution in [0.25, 0.3) is 0 Å². The Kier molecular flexibility index (Phi) is 4.83. The standard InChI is InChI=1S/C17H22N2O2/c1-11-5-7-15(20-3)13(9-11)17(19-18)14-10-12(2)6-8-16(14)21-4/h5-10,17,19H,18H2,1-4H3. The Balaban J connectivity index is 2.59. The van der Waals surface area contributed by atoms with E-state index in [0.29, 0.717) is 0 Å². The first kappa shape index (κ1) is 15.4. The lowest BCUT2D eigenvalue weighted by Crippen LogP contribution is -2.29. The molecule has 0 spiro atoms. The molecule has 0 saturated carbocycles. The van der Waals surface area contributed by atoms with Gasteiger partial charge in [0.2, 0.25) is 0 Å². The summed E-state index contributed by atoms with van der Waals surface area (Å²) in [6.45, 7) is 4.09. The SMILES string of the molecule is COc1ccc(C)cc1C(NN)c1cc(C)ccc1OC. The third-order valence-electron chi connectivity index (χ3n) is 3.56. The van der Waals surface area contributed by atoms with Gasteiger partial charge >= 0.3 is 0 Å². The van der Waals surface area contributed by atoms with Crippen molar-refractivity contribution in [2.45, 2.75) is 19.9 Å². The van der Waals surface area contributed by atoms with Gasteiger partial charge in [-0.15, -0.1) is 0 Å². The highest BCUT2D eigenvalue weighted by atomic mass is 16.5. The molecule has 4 heteroatoms. The summed E-state index contributed by atoms with van der Waals surface area (Å²) in [6.07, 6.45) is 0. The van der Waals surface area contributed by atoms with E-state index in [1.165, 1.54) is 0 Å². The summed E-state index contributed by atoms with van der Waals surface area (Å²) in [5, 5.41) is 0. The number of hydrogen-bond acceptors (Lipinski definition) is 4. The van der Waals surface area contributed by atoms with Crippen molar-refractivity contribution in [2.24, 2.45) is 5.84 Å². The van der Waals surface area contributed by atoms with Crippen molar-refractivity contribution in [3.63, 3.8) is 0 Å². The third kappa shape index (κ3) is 3.17. The molecule has 0 aliphatic rings. The summed E-state index contributed by atoms with van der Waals surface area (Å²) in [4.78, 5) is 0. The highest BCUT2D eigenvalue weighted by Crippen LogP contribution is 2.35. The molecular formula is C17H22N2O2. The van der Waals surface area contributed by atoms with Crippen LogP contribution in [0.5, 0.6) is 11.5 Å². The molecule has 0 amide bonds. The van der Waals surface area contributed by atoms with Gasteiger partial charge in [0.05, 0.1) is 20.3 Å². The molecule has 0 fully saturated rings. The molecule has 0 aliphatic carbocycles. The van der Waals surface area contributed by atoms with Crippen molar-refractivity contribution in [3.05, 3.63) is 58.7 Å². The third-order valence-corrected chi connectivity index (χ3v) is 3.56. The fraction of sp³-hybridized carbons (Fsp3) is 0.294. The normalized spacial score (nSPS) is 10.8. The Morgan fingerprint density at radius 1 is 0.857 bits per heavy atom. The molecule has 0 aliphatic heterocycles. The zero-order valence-electron chi connectivity index (χ0n) is 12.9. The highest BCUT2D eigenvalue weighted by molar-refractivity contribution is 5.48. The van der Waals surface area contributed by atoms with Crippen LogP contribution in [0, 0.1) is 13.8 Å². The Bertz CT molecular complexity index is 573. The topological polar surface area (TPSA) is 56.5 Å². The minimum Gasteiger partial charge on any atom is -0.496 e. The van der Waals surface area contributed by atoms with Crippen molar-refractivity contribution in [1.82, 2.24) is 5.43 Å². The highest BCUT2D eigenvalue weighted by Gasteiger charge is 2.21. The van der Waals surface area contributed by atoms with Crippen LogP contribution in [0.1, 0.15) is 28.3 Å². The fourth-order valence-corrected chi connectivity index (χ4v) is 2.51. The average molecular weight is 286 g/mol. The van der Waals surface area contributed by atoms with Gasteiger partial charge in [0, 0.05) is 11.1 Å². The maximum absolute atomic E-state index is 5.82. The van der Waals surface area contributed by atoms with Crippen LogP contribution in [-0.2, 0) is 0 Å². The quantitative estimate of drug-likeness (QED) is 0.655. The zero-order valence-corrected chi connectivity index (χ0v) is 12.9. The van der Waals surface area contributed by atoms with E-state index in [2.05, 4.69) is 17.6 Å². The number of aryl methyl sites for hydroxylation is 2. The van der Waals surface area contributed by atoms with E-state index in [1.54, 1.807) is 14.2 Å². The molecular weight excluding hydrogens is 264 g/mol. The lowest BCUT2D eigenvalue weighted by atomic mass is 9.95. The van der Waals surface area contributed by atoms with Gasteiger partial charge in [-0.2, -0.15) is 0 Å². The number of nitrogens with two attached hydrogens (primary N) is 1. The number of ether oxygens (including phenoxy) is 2. The van der Waals surface area contributed by atoms with Crippen LogP contribution in [0.15, 0.2) is 36.4 Å². The van der Waals surface area contributed by atoms with Gasteiger partial charge in [0.1, 0.15) is 11.5 Å². The molecule has 0 saturated heterocycles. The van der Waals surface area contributed by atoms with Crippen molar-refractivity contribution < 1.29 is 9.47 Å². The summed E-state index contributed by atoms with van der Waals surface area (Å²) in [7, 11) is 3.32. The largest absolute Gasteiger partial charge is 0.496 e. The summed E-state index contributed by atoms with van der Waals surface area (Å²) in [6, 6.07) is 11.9. The van der Waals surface area contributed by atoms with Crippen molar-refractivity contribution >= 4 is 0 Å². The van der Waals surface area contributed by atoms with E-state index in [0.717, 1.165) is 33.8 Å². The molecule has 0 aromatic heterocycles. The van der Waals surface area contributed by atoms with Crippen LogP contribution in [-0.4, -0.2) is 14.2 Å². The van der Waals surface area contributed by atoms with Gasteiger partial charge < -0.3 is 9.47 Å². The minimum absolute atomic E-state index is 0.199. The summed E-state index contributed by atoms with van der Waals surface area (Å²) >= 11 is 0. The van der Waals surface area contributed by atoms with E-state index in [4.69, 9.17) is 15.3 Å². The van der Waals surface area contributed by atoms with E-state index in [-0.39, 0.29) is 6.04 Å². The monoisotopic (exact) mass is 286 g/mol. The van der Waals surface area contributed by atoms with Gasteiger partial charge in [0.25, 0.3) is 0 Å². The fourth-order valence-electron chi connectivity index (χ4n) is 2.51. The average Bonchev–Trinajstić information content (AvgIpc) is 2.48. The molecule has 2 aromatic carbocycles. The van der Waals surface area contributed by atoms with Crippen molar-refractivity contribution in [1.29, 1.82) is 0 Å². The Morgan fingerprint density at radius 3 is 1.62 bits per heavy atom. The lowest BCUT2D eigenvalue weighted by Gasteiger charge is -2.22. The molecule has 2 rings (SSSR count). The molecule has 112 valence electrons. The number of hydrazine groups is 1. The van der Waals surface area contributed by atoms with Crippen LogP contribution in [0.2, 0.25) is 0 Å². The second-order valence-electron chi connectivity index (χ2n) is 5.09. The molecule has 0 unspecified atom stereocenters. The van der Waals surface area contributed by atoms with E-state index < -0.39 is 0 Å². The number of rotatable bonds is 5. The van der Waals surface area contributed by atoms with Gasteiger partial charge in [0.15, 0.2) is 0 Å². The van der Waals surface area contributed by atoms with Gasteiger partial charge in [-0.25, -0.2) is 5.43 Å². The maximum Gasteiger partial charge on any atom is 0.124 e. The molecule has 0 heterocycles. The molecule has 0 radical (unpaired) electrons. The number of nitrogens with one attached hydrogen (secondary N) is 1. The summed E-state index contributed by atoms with van der Waals surface area (Å²) in [5.41, 5.74) is 7.16. The molecule has 3 N–H and O–H groups in total. The van der Waals surface area contributed by atoms with Crippen molar-refractivity contribution in [3.8, 4) is 11.5 Å². The predicted molar refractivity (Wildman–Crippen MR) is 84.6 cm³/mol. The second-order valence-corrected chi connectivity index (χ2v) is 5.09. The van der Waals surface area contributed by atoms with Gasteiger partial charge in [-0.3, -0.25) is 5.84 Å². The molecule has 4 nitrogen and oxygen atoms in total. The lowest BCUT2D eigenvalue weighted by molar-refractivity contribution is 0.394. The van der Waals surface area contributed by atoms with Crippen molar-refractivity contribution in [2.75, 3.05) is 14.2 Å². The number of hydrogen-bond donors (Lipinski definition) is 2. The summed E-state index contributed by atoms with van der Waals surface area (Å²) < 4.78 is 10.9. The van der Waals surface area contributed by atoms with Crippen LogP contribution in [0.3, 0.4) is 0 Å². The number of methoxy groups -OCH3 is 2. The van der Waals surface area contributed by atoms with E-state index in [1.807, 2.05) is 38.1 Å². The second kappa shape index (κ2) is 6.61. The Morgan fingerprint density at radius 2 is 1.29 bits per heavy atom. The zero-order chi connectivity index (χ0) is 15.4. The molecule has 0 atom stereocenters. The van der Waals surface area contributed by atoms with Gasteiger partial charge in [-0.05, 0) is 26.0 Å². The molecule has 21 heavy (non-hydrogen) atoms. The van der Waals surface area contributed by atoms with Crippen LogP contribution < -0.4 is 20.7 Å². The Labute approximate surface area is 125 Å². The first-order valence-corrected chi connectivity index (χ1v) is 6.86. The molecule has 2 aromatic rings. The van der Waals surface area contributed by atoms with E-state index >= 15 is 0 Å². The van der Waals surface area contributed by atoms with Crippen LogP contribution in [0.4, 0.5) is 0 Å². The first-order chi connectivity index (χ1) is 10.1. The van der Waals surface area contributed by atoms with Gasteiger partial charge in [-0.1, -0.05) is 35.4 Å². The number of benzene rings is 2. The van der Waals surface area contributed by atoms with Crippen LogP contribution >= 0.6 is 0 Å². The first-order valence-electron chi connectivity index (χ1n) is 6.86. The summed E-state index contributed by atoms with van der Waals surface area (Å²) in [5.74, 6) is 7.42.